The van der Waals surface area contributed by atoms with Crippen molar-refractivity contribution < 1.29 is 9.59 Å². The molecule has 4 nitrogen and oxygen atoms in total. The minimum Gasteiger partial charge on any atom is -0.344 e. The molecule has 0 aromatic carbocycles. The number of carbonyl (C=O) groups is 2. The van der Waals surface area contributed by atoms with Crippen molar-refractivity contribution in [3.8, 4) is 0 Å². The monoisotopic (exact) mass is 298 g/mol. The summed E-state index contributed by atoms with van der Waals surface area (Å²) in [7, 11) is 0. The van der Waals surface area contributed by atoms with Crippen LogP contribution >= 0.6 is 11.8 Å². The summed E-state index contributed by atoms with van der Waals surface area (Å²) < 4.78 is 0.241. The van der Waals surface area contributed by atoms with Crippen LogP contribution in [-0.2, 0) is 9.59 Å². The maximum atomic E-state index is 12.7. The van der Waals surface area contributed by atoms with E-state index in [1.165, 1.54) is 19.3 Å². The average molecular weight is 298 g/mol. The zero-order valence-corrected chi connectivity index (χ0v) is 13.6. The van der Waals surface area contributed by atoms with Crippen LogP contribution in [0.5, 0.6) is 0 Å². The lowest BCUT2D eigenvalue weighted by molar-refractivity contribution is -0.134. The first-order valence-corrected chi connectivity index (χ1v) is 8.81. The molecule has 1 unspecified atom stereocenters. The highest BCUT2D eigenvalue weighted by atomic mass is 32.2. The van der Waals surface area contributed by atoms with E-state index >= 15 is 0 Å². The molecular formula is C15H26N2O2S. The van der Waals surface area contributed by atoms with Gasteiger partial charge < -0.3 is 10.2 Å². The molecule has 1 aliphatic heterocycles. The van der Waals surface area contributed by atoms with Gasteiger partial charge >= 0.3 is 0 Å². The topological polar surface area (TPSA) is 49.4 Å². The van der Waals surface area contributed by atoms with Gasteiger partial charge in [0.15, 0.2) is 0 Å². The first kappa shape index (κ1) is 15.7. The first-order chi connectivity index (χ1) is 9.46. The van der Waals surface area contributed by atoms with E-state index in [0.29, 0.717) is 18.9 Å². The van der Waals surface area contributed by atoms with Crippen LogP contribution in [0.25, 0.3) is 0 Å². The number of carbonyl (C=O) groups excluding carboxylic acids is 2. The van der Waals surface area contributed by atoms with Gasteiger partial charge in [-0.15, -0.1) is 0 Å². The van der Waals surface area contributed by atoms with Crippen molar-refractivity contribution in [2.75, 3.05) is 19.3 Å². The molecule has 20 heavy (non-hydrogen) atoms. The van der Waals surface area contributed by atoms with E-state index in [0.717, 1.165) is 13.0 Å². The molecule has 0 aromatic heterocycles. The van der Waals surface area contributed by atoms with Crippen molar-refractivity contribution >= 4 is 23.6 Å². The number of thioether (sulfide) groups is 1. The van der Waals surface area contributed by atoms with Gasteiger partial charge in [0, 0.05) is 24.3 Å². The Morgan fingerprint density at radius 2 is 2.10 bits per heavy atom. The van der Waals surface area contributed by atoms with E-state index < -0.39 is 0 Å². The molecule has 0 radical (unpaired) electrons. The summed E-state index contributed by atoms with van der Waals surface area (Å²) in [5.41, 5.74) is 0. The summed E-state index contributed by atoms with van der Waals surface area (Å²) in [4.78, 5) is 26.4. The second-order valence-corrected chi connectivity index (χ2v) is 7.77. The molecule has 2 rings (SSSR count). The zero-order chi connectivity index (χ0) is 14.8. The quantitative estimate of drug-likeness (QED) is 0.845. The van der Waals surface area contributed by atoms with Crippen molar-refractivity contribution in [3.05, 3.63) is 0 Å². The van der Waals surface area contributed by atoms with Crippen LogP contribution in [0.15, 0.2) is 0 Å². The molecule has 2 fully saturated rings. The van der Waals surface area contributed by atoms with E-state index in [2.05, 4.69) is 25.4 Å². The van der Waals surface area contributed by atoms with Crippen molar-refractivity contribution in [2.24, 2.45) is 5.92 Å². The Kier molecular flexibility index (Phi) is 4.99. The summed E-state index contributed by atoms with van der Waals surface area (Å²) in [6.45, 7) is 5.55. The Hall–Kier alpha value is -0.710. The third kappa shape index (κ3) is 3.48. The van der Waals surface area contributed by atoms with Gasteiger partial charge in [0.1, 0.15) is 6.04 Å². The first-order valence-electron chi connectivity index (χ1n) is 7.59. The van der Waals surface area contributed by atoms with Gasteiger partial charge in [-0.05, 0) is 31.4 Å². The fraction of sp³-hybridized carbons (Fsp3) is 0.867. The summed E-state index contributed by atoms with van der Waals surface area (Å²) in [5.74, 6) is 0.533. The molecule has 1 saturated carbocycles. The van der Waals surface area contributed by atoms with Crippen LogP contribution in [0.2, 0.25) is 0 Å². The van der Waals surface area contributed by atoms with Gasteiger partial charge in [0.05, 0.1) is 0 Å². The largest absolute Gasteiger partial charge is 0.344 e. The molecular weight excluding hydrogens is 272 g/mol. The van der Waals surface area contributed by atoms with Crippen LogP contribution in [-0.4, -0.2) is 46.8 Å². The summed E-state index contributed by atoms with van der Waals surface area (Å²) in [6, 6.07) is -0.330. The van der Waals surface area contributed by atoms with Crippen molar-refractivity contribution in [3.63, 3.8) is 0 Å². The minimum atomic E-state index is -0.330. The summed E-state index contributed by atoms with van der Waals surface area (Å²) in [5, 5.41) is 2.89. The van der Waals surface area contributed by atoms with Crippen LogP contribution < -0.4 is 5.32 Å². The highest BCUT2D eigenvalue weighted by Crippen LogP contribution is 2.43. The van der Waals surface area contributed by atoms with Crippen molar-refractivity contribution in [1.82, 2.24) is 10.2 Å². The number of hydrogen-bond donors (Lipinski definition) is 1. The van der Waals surface area contributed by atoms with Crippen LogP contribution in [0.1, 0.15) is 46.0 Å². The van der Waals surface area contributed by atoms with Crippen molar-refractivity contribution in [1.29, 1.82) is 0 Å². The Morgan fingerprint density at radius 1 is 1.40 bits per heavy atom. The predicted molar refractivity (Wildman–Crippen MR) is 82.7 cm³/mol. The molecule has 0 aromatic rings. The van der Waals surface area contributed by atoms with Crippen LogP contribution in [0.3, 0.4) is 0 Å². The maximum Gasteiger partial charge on any atom is 0.245 e. The maximum absolute atomic E-state index is 12.7. The minimum absolute atomic E-state index is 0.0123. The molecule has 114 valence electrons. The molecule has 0 spiro atoms. The van der Waals surface area contributed by atoms with Crippen molar-refractivity contribution in [2.45, 2.75) is 56.7 Å². The van der Waals surface area contributed by atoms with Crippen LogP contribution in [0.4, 0.5) is 0 Å². The van der Waals surface area contributed by atoms with E-state index in [-0.39, 0.29) is 22.6 Å². The Balaban J connectivity index is 2.06. The van der Waals surface area contributed by atoms with Gasteiger partial charge in [-0.1, -0.05) is 20.3 Å². The van der Waals surface area contributed by atoms with E-state index in [1.807, 2.05) is 16.7 Å². The number of amides is 2. The molecule has 1 heterocycles. The Morgan fingerprint density at radius 3 is 2.60 bits per heavy atom. The third-order valence-electron chi connectivity index (χ3n) is 4.44. The highest BCUT2D eigenvalue weighted by molar-refractivity contribution is 8.00. The Bertz CT molecular complexity index is 375. The Labute approximate surface area is 126 Å². The number of nitrogens with zero attached hydrogens (tertiary/aromatic N) is 1. The third-order valence-corrected chi connectivity index (χ3v) is 5.84. The summed E-state index contributed by atoms with van der Waals surface area (Å²) in [6.07, 6.45) is 6.94. The molecule has 2 amide bonds. The van der Waals surface area contributed by atoms with E-state index in [4.69, 9.17) is 0 Å². The summed E-state index contributed by atoms with van der Waals surface area (Å²) >= 11 is 1.88. The van der Waals surface area contributed by atoms with Gasteiger partial charge in [-0.2, -0.15) is 11.8 Å². The fourth-order valence-electron chi connectivity index (χ4n) is 3.03. The lowest BCUT2D eigenvalue weighted by Gasteiger charge is -2.44. The molecule has 1 aliphatic carbocycles. The second-order valence-electron chi connectivity index (χ2n) is 6.50. The average Bonchev–Trinajstić information content (AvgIpc) is 2.46. The molecule has 1 atom stereocenters. The number of hydrogen-bond acceptors (Lipinski definition) is 3. The highest BCUT2D eigenvalue weighted by Gasteiger charge is 2.41. The molecule has 1 saturated heterocycles. The van der Waals surface area contributed by atoms with E-state index in [1.54, 1.807) is 0 Å². The normalized spacial score (nSPS) is 26.2. The smallest absolute Gasteiger partial charge is 0.245 e. The SMILES string of the molecule is CSC1(CN2CCC(=O)NC(CC(C)C)C2=O)CCC1. The fourth-order valence-corrected chi connectivity index (χ4v) is 4.01. The van der Waals surface area contributed by atoms with Gasteiger partial charge in [0.2, 0.25) is 11.8 Å². The lowest BCUT2D eigenvalue weighted by Crippen LogP contribution is -2.51. The standard InChI is InChI=1S/C15H26N2O2S/c1-11(2)9-12-14(19)17(8-5-13(18)16-12)10-15(20-3)6-4-7-15/h11-12H,4-10H2,1-3H3,(H,16,18). The molecule has 2 aliphatic rings. The molecule has 0 bridgehead atoms. The predicted octanol–water partition coefficient (Wildman–Crippen LogP) is 2.04. The van der Waals surface area contributed by atoms with E-state index in [9.17, 15) is 9.59 Å². The lowest BCUT2D eigenvalue weighted by atomic mass is 9.83. The van der Waals surface area contributed by atoms with Gasteiger partial charge in [-0.25, -0.2) is 0 Å². The number of rotatable bonds is 5. The van der Waals surface area contributed by atoms with Crippen LogP contribution in [0, 0.1) is 5.92 Å². The number of nitrogens with one attached hydrogen (secondary N) is 1. The van der Waals surface area contributed by atoms with Gasteiger partial charge in [-0.3, -0.25) is 9.59 Å². The molecule has 5 heteroatoms. The molecule has 1 N–H and O–H groups in total. The van der Waals surface area contributed by atoms with Gasteiger partial charge in [0.25, 0.3) is 0 Å². The second kappa shape index (κ2) is 6.37. The zero-order valence-electron chi connectivity index (χ0n) is 12.8.